The fourth-order valence-corrected chi connectivity index (χ4v) is 2.44. The van der Waals surface area contributed by atoms with E-state index >= 15 is 0 Å². The first-order valence-corrected chi connectivity index (χ1v) is 6.25. The van der Waals surface area contributed by atoms with E-state index in [2.05, 4.69) is 5.32 Å². The summed E-state index contributed by atoms with van der Waals surface area (Å²) in [5, 5.41) is 12.4. The van der Waals surface area contributed by atoms with Crippen LogP contribution in [0.2, 0.25) is 0 Å². The molecular formula is C13H19NO3. The number of hydrogen-bond donors (Lipinski definition) is 2. The normalized spacial score (nSPS) is 25.2. The van der Waals surface area contributed by atoms with Crippen LogP contribution < -0.4 is 5.32 Å². The van der Waals surface area contributed by atoms with Crippen molar-refractivity contribution < 1.29 is 14.3 Å². The second kappa shape index (κ2) is 5.87. The lowest BCUT2D eigenvalue weighted by atomic mass is 9.95. The van der Waals surface area contributed by atoms with Crippen molar-refractivity contribution in [3.63, 3.8) is 0 Å². The molecule has 1 heterocycles. The topological polar surface area (TPSA) is 62.5 Å². The van der Waals surface area contributed by atoms with E-state index in [1.807, 2.05) is 0 Å². The first-order valence-electron chi connectivity index (χ1n) is 6.25. The van der Waals surface area contributed by atoms with Gasteiger partial charge >= 0.3 is 0 Å². The molecule has 1 saturated carbocycles. The van der Waals surface area contributed by atoms with E-state index < -0.39 is 0 Å². The van der Waals surface area contributed by atoms with Gasteiger partial charge in [0.2, 0.25) is 0 Å². The summed E-state index contributed by atoms with van der Waals surface area (Å²) in [6, 6.07) is 1.74. The van der Waals surface area contributed by atoms with Gasteiger partial charge < -0.3 is 14.8 Å². The Morgan fingerprint density at radius 3 is 2.94 bits per heavy atom. The summed E-state index contributed by atoms with van der Waals surface area (Å²) in [5.41, 5.74) is 0.547. The fraction of sp³-hybridized carbons (Fsp3) is 0.615. The van der Waals surface area contributed by atoms with Crippen molar-refractivity contribution in [2.24, 2.45) is 5.92 Å². The van der Waals surface area contributed by atoms with Crippen LogP contribution in [0.5, 0.6) is 0 Å². The lowest BCUT2D eigenvalue weighted by molar-refractivity contribution is 0.0899. The average Bonchev–Trinajstić information content (AvgIpc) is 2.78. The molecule has 2 N–H and O–H groups in total. The van der Waals surface area contributed by atoms with Crippen molar-refractivity contribution in [1.29, 1.82) is 0 Å². The van der Waals surface area contributed by atoms with Gasteiger partial charge in [-0.15, -0.1) is 0 Å². The zero-order chi connectivity index (χ0) is 12.1. The number of aliphatic hydroxyl groups is 1. The van der Waals surface area contributed by atoms with Crippen LogP contribution in [-0.2, 0) is 0 Å². The Hall–Kier alpha value is -1.29. The van der Waals surface area contributed by atoms with Crippen LogP contribution in [0.1, 0.15) is 42.5 Å². The van der Waals surface area contributed by atoms with Crippen LogP contribution in [0, 0.1) is 5.92 Å². The van der Waals surface area contributed by atoms with Gasteiger partial charge in [-0.05, 0) is 18.9 Å². The highest BCUT2D eigenvalue weighted by atomic mass is 16.3. The molecule has 94 valence electrons. The number of amides is 1. The molecule has 4 heteroatoms. The molecule has 2 atom stereocenters. The quantitative estimate of drug-likeness (QED) is 0.790. The zero-order valence-electron chi connectivity index (χ0n) is 9.89. The lowest BCUT2D eigenvalue weighted by Gasteiger charge is -2.24. The highest BCUT2D eigenvalue weighted by Crippen LogP contribution is 2.23. The second-order valence-corrected chi connectivity index (χ2v) is 4.67. The Morgan fingerprint density at radius 2 is 2.24 bits per heavy atom. The van der Waals surface area contributed by atoms with Crippen LogP contribution in [0.25, 0.3) is 0 Å². The van der Waals surface area contributed by atoms with Crippen LogP contribution >= 0.6 is 0 Å². The van der Waals surface area contributed by atoms with Crippen molar-refractivity contribution in [1.82, 2.24) is 5.32 Å². The second-order valence-electron chi connectivity index (χ2n) is 4.67. The van der Waals surface area contributed by atoms with Gasteiger partial charge in [-0.3, -0.25) is 4.79 Å². The van der Waals surface area contributed by atoms with E-state index in [0.717, 1.165) is 25.7 Å². The smallest absolute Gasteiger partial charge is 0.254 e. The number of aliphatic hydroxyl groups excluding tert-OH is 1. The number of carbonyl (C=O) groups is 1. The van der Waals surface area contributed by atoms with E-state index in [1.54, 1.807) is 6.07 Å². The van der Waals surface area contributed by atoms with Gasteiger partial charge in [0, 0.05) is 18.6 Å². The molecule has 1 aliphatic rings. The molecule has 0 radical (unpaired) electrons. The minimum Gasteiger partial charge on any atom is -0.472 e. The van der Waals surface area contributed by atoms with Gasteiger partial charge in [0.1, 0.15) is 6.26 Å². The highest BCUT2D eigenvalue weighted by molar-refractivity contribution is 5.93. The molecule has 1 aromatic heterocycles. The molecule has 1 aliphatic carbocycles. The Bertz CT molecular complexity index is 348. The summed E-state index contributed by atoms with van der Waals surface area (Å²) in [4.78, 5) is 11.9. The maximum atomic E-state index is 11.9. The molecule has 1 aromatic rings. The van der Waals surface area contributed by atoms with E-state index in [9.17, 15) is 9.90 Å². The summed E-state index contributed by atoms with van der Waals surface area (Å²) >= 11 is 0. The highest BCUT2D eigenvalue weighted by Gasteiger charge is 2.25. The third-order valence-corrected chi connectivity index (χ3v) is 3.49. The third kappa shape index (κ3) is 3.09. The van der Waals surface area contributed by atoms with Gasteiger partial charge in [-0.2, -0.15) is 0 Å². The van der Waals surface area contributed by atoms with Gasteiger partial charge in [0.15, 0.2) is 0 Å². The minimum atomic E-state index is -0.107. The molecule has 0 spiro atoms. The number of nitrogens with one attached hydrogen (secondary N) is 1. The Morgan fingerprint density at radius 1 is 1.41 bits per heavy atom. The van der Waals surface area contributed by atoms with Crippen LogP contribution in [0.15, 0.2) is 23.0 Å². The van der Waals surface area contributed by atoms with Crippen molar-refractivity contribution in [3.05, 3.63) is 24.2 Å². The minimum absolute atomic E-state index is 0.0879. The predicted octanol–water partition coefficient (Wildman–Crippen LogP) is 1.95. The van der Waals surface area contributed by atoms with Gasteiger partial charge in [0.25, 0.3) is 5.91 Å². The Kier molecular flexibility index (Phi) is 4.20. The van der Waals surface area contributed by atoms with Gasteiger partial charge in [0.05, 0.1) is 11.8 Å². The monoisotopic (exact) mass is 237 g/mol. The molecule has 4 nitrogen and oxygen atoms in total. The van der Waals surface area contributed by atoms with E-state index in [4.69, 9.17) is 4.42 Å². The Labute approximate surface area is 101 Å². The number of hydrogen-bond acceptors (Lipinski definition) is 3. The molecule has 0 saturated heterocycles. The molecule has 1 fully saturated rings. The first kappa shape index (κ1) is 12.2. The zero-order valence-corrected chi connectivity index (χ0v) is 9.89. The fourth-order valence-electron chi connectivity index (χ4n) is 2.44. The number of furan rings is 1. The summed E-state index contributed by atoms with van der Waals surface area (Å²) in [6.45, 7) is 0.149. The molecule has 0 aromatic carbocycles. The Balaban J connectivity index is 1.97. The third-order valence-electron chi connectivity index (χ3n) is 3.49. The molecule has 1 amide bonds. The molecular weight excluding hydrogens is 218 g/mol. The van der Waals surface area contributed by atoms with Crippen LogP contribution in [0.4, 0.5) is 0 Å². The SMILES string of the molecule is O=C(NC1CCCCCC1CO)c1ccoc1. The largest absolute Gasteiger partial charge is 0.472 e. The van der Waals surface area contributed by atoms with E-state index in [0.29, 0.717) is 5.56 Å². The summed E-state index contributed by atoms with van der Waals surface area (Å²) in [5.74, 6) is 0.0810. The molecule has 2 unspecified atom stereocenters. The predicted molar refractivity (Wildman–Crippen MR) is 63.6 cm³/mol. The molecule has 2 rings (SSSR count). The molecule has 17 heavy (non-hydrogen) atoms. The summed E-state index contributed by atoms with van der Waals surface area (Å²) in [7, 11) is 0. The van der Waals surface area contributed by atoms with Crippen molar-refractivity contribution in [2.75, 3.05) is 6.61 Å². The van der Waals surface area contributed by atoms with E-state index in [-0.39, 0.29) is 24.5 Å². The first-order chi connectivity index (χ1) is 8.31. The van der Waals surface area contributed by atoms with Crippen LogP contribution in [0.3, 0.4) is 0 Å². The van der Waals surface area contributed by atoms with Crippen molar-refractivity contribution in [3.8, 4) is 0 Å². The van der Waals surface area contributed by atoms with Crippen LogP contribution in [-0.4, -0.2) is 23.7 Å². The summed E-state index contributed by atoms with van der Waals surface area (Å²) in [6.07, 6.45) is 8.33. The standard InChI is InChI=1S/C13H19NO3/c15-8-10-4-2-1-3-5-12(10)14-13(16)11-6-7-17-9-11/h6-7,9-10,12,15H,1-5,8H2,(H,14,16). The molecule has 0 bridgehead atoms. The summed E-state index contributed by atoms with van der Waals surface area (Å²) < 4.78 is 4.89. The number of rotatable bonds is 3. The van der Waals surface area contributed by atoms with Gasteiger partial charge in [-0.25, -0.2) is 0 Å². The maximum Gasteiger partial charge on any atom is 0.254 e. The van der Waals surface area contributed by atoms with Crippen molar-refractivity contribution in [2.45, 2.75) is 38.1 Å². The van der Waals surface area contributed by atoms with E-state index in [1.165, 1.54) is 18.9 Å². The molecule has 0 aliphatic heterocycles. The number of carbonyl (C=O) groups excluding carboxylic acids is 1. The van der Waals surface area contributed by atoms with Gasteiger partial charge in [-0.1, -0.05) is 19.3 Å². The maximum absolute atomic E-state index is 11.9. The average molecular weight is 237 g/mol. The van der Waals surface area contributed by atoms with Crippen molar-refractivity contribution >= 4 is 5.91 Å². The lowest BCUT2D eigenvalue weighted by Crippen LogP contribution is -2.41.